The highest BCUT2D eigenvalue weighted by Gasteiger charge is 2.39. The SMILES string of the molecule is C=CCN1C(=O)N[C@H](c2ccccc2Cl)C(C(=O)OCC)=C1CN1CCC(C)CC1. The summed E-state index contributed by atoms with van der Waals surface area (Å²) in [7, 11) is 0. The molecule has 2 aliphatic heterocycles. The number of ether oxygens (including phenoxy) is 1. The first kappa shape index (κ1) is 22.4. The van der Waals surface area contributed by atoms with Crippen LogP contribution in [-0.2, 0) is 9.53 Å². The van der Waals surface area contributed by atoms with E-state index in [1.807, 2.05) is 18.2 Å². The standard InChI is InChI=1S/C23H30ClN3O3/c1-4-12-27-19(15-26-13-10-16(3)11-14-26)20(22(28)30-5-2)21(25-23(27)29)17-8-6-7-9-18(17)24/h4,6-9,16,21H,1,5,10-15H2,2-3H3,(H,25,29)/t21-/m1/s1. The minimum atomic E-state index is -0.662. The normalized spacial score (nSPS) is 20.8. The zero-order chi connectivity index (χ0) is 21.7. The lowest BCUT2D eigenvalue weighted by atomic mass is 9.93. The van der Waals surface area contributed by atoms with Gasteiger partial charge in [0.25, 0.3) is 0 Å². The van der Waals surface area contributed by atoms with Gasteiger partial charge in [0.15, 0.2) is 0 Å². The number of carbonyl (C=O) groups is 2. The van der Waals surface area contributed by atoms with Crippen molar-refractivity contribution in [2.24, 2.45) is 5.92 Å². The molecule has 2 aliphatic rings. The topological polar surface area (TPSA) is 61.9 Å². The van der Waals surface area contributed by atoms with Gasteiger partial charge < -0.3 is 10.1 Å². The van der Waals surface area contributed by atoms with Crippen molar-refractivity contribution in [3.8, 4) is 0 Å². The van der Waals surface area contributed by atoms with E-state index >= 15 is 0 Å². The number of carbonyl (C=O) groups excluding carboxylic acids is 2. The Morgan fingerprint density at radius 3 is 2.67 bits per heavy atom. The molecule has 0 bridgehead atoms. The molecule has 7 heteroatoms. The van der Waals surface area contributed by atoms with Crippen LogP contribution < -0.4 is 5.32 Å². The number of amides is 2. The van der Waals surface area contributed by atoms with E-state index in [1.54, 1.807) is 24.0 Å². The van der Waals surface area contributed by atoms with Gasteiger partial charge in [-0.2, -0.15) is 0 Å². The van der Waals surface area contributed by atoms with E-state index in [9.17, 15) is 9.59 Å². The zero-order valence-electron chi connectivity index (χ0n) is 17.7. The summed E-state index contributed by atoms with van der Waals surface area (Å²) in [6, 6.07) is 6.32. The van der Waals surface area contributed by atoms with Gasteiger partial charge in [0, 0.05) is 23.8 Å². The third-order valence-corrected chi connectivity index (χ3v) is 6.06. The van der Waals surface area contributed by atoms with Gasteiger partial charge in [-0.25, -0.2) is 9.59 Å². The third kappa shape index (κ3) is 4.87. The van der Waals surface area contributed by atoms with E-state index in [-0.39, 0.29) is 12.6 Å². The molecule has 1 aromatic carbocycles. The van der Waals surface area contributed by atoms with Crippen molar-refractivity contribution in [1.82, 2.24) is 15.1 Å². The van der Waals surface area contributed by atoms with Crippen LogP contribution in [0.5, 0.6) is 0 Å². The predicted molar refractivity (Wildman–Crippen MR) is 118 cm³/mol. The number of likely N-dealkylation sites (tertiary alicyclic amines) is 1. The van der Waals surface area contributed by atoms with Crippen molar-refractivity contribution in [3.63, 3.8) is 0 Å². The van der Waals surface area contributed by atoms with Gasteiger partial charge in [-0.05, 0) is 50.4 Å². The fourth-order valence-electron chi connectivity index (χ4n) is 4.02. The number of piperidine rings is 1. The molecule has 1 aromatic rings. The highest BCUT2D eigenvalue weighted by Crippen LogP contribution is 2.35. The number of urea groups is 1. The number of hydrogen-bond donors (Lipinski definition) is 1. The van der Waals surface area contributed by atoms with Crippen molar-refractivity contribution in [2.75, 3.05) is 32.8 Å². The minimum Gasteiger partial charge on any atom is -0.463 e. The quantitative estimate of drug-likeness (QED) is 0.520. The molecule has 0 spiro atoms. The summed E-state index contributed by atoms with van der Waals surface area (Å²) in [5.41, 5.74) is 1.78. The number of rotatable bonds is 7. The molecule has 0 aliphatic carbocycles. The van der Waals surface area contributed by atoms with E-state index in [4.69, 9.17) is 16.3 Å². The summed E-state index contributed by atoms with van der Waals surface area (Å²) in [5, 5.41) is 3.44. The number of benzene rings is 1. The molecule has 1 fully saturated rings. The molecule has 0 aromatic heterocycles. The van der Waals surface area contributed by atoms with Crippen molar-refractivity contribution in [1.29, 1.82) is 0 Å². The molecule has 2 heterocycles. The second-order valence-electron chi connectivity index (χ2n) is 7.84. The lowest BCUT2D eigenvalue weighted by Gasteiger charge is -2.39. The van der Waals surface area contributed by atoms with Gasteiger partial charge in [0.05, 0.1) is 18.2 Å². The van der Waals surface area contributed by atoms with Crippen LogP contribution in [0.15, 0.2) is 48.2 Å². The monoisotopic (exact) mass is 431 g/mol. The molecule has 2 amide bonds. The molecule has 0 unspecified atom stereocenters. The van der Waals surface area contributed by atoms with Crippen LogP contribution >= 0.6 is 11.6 Å². The first-order valence-corrected chi connectivity index (χ1v) is 10.9. The molecule has 0 saturated carbocycles. The molecule has 162 valence electrons. The first-order chi connectivity index (χ1) is 14.5. The molecule has 1 atom stereocenters. The van der Waals surface area contributed by atoms with Gasteiger partial charge in [0.2, 0.25) is 0 Å². The number of hydrogen-bond acceptors (Lipinski definition) is 4. The lowest BCUT2D eigenvalue weighted by molar-refractivity contribution is -0.139. The maximum atomic E-state index is 13.1. The van der Waals surface area contributed by atoms with Gasteiger partial charge in [-0.15, -0.1) is 6.58 Å². The Balaban J connectivity index is 2.09. The summed E-state index contributed by atoms with van der Waals surface area (Å²) in [5.74, 6) is 0.256. The van der Waals surface area contributed by atoms with Crippen LogP contribution in [0.1, 0.15) is 38.3 Å². The second-order valence-corrected chi connectivity index (χ2v) is 8.25. The molecular weight excluding hydrogens is 402 g/mol. The number of esters is 1. The van der Waals surface area contributed by atoms with Crippen LogP contribution in [0.3, 0.4) is 0 Å². The van der Waals surface area contributed by atoms with Crippen molar-refractivity contribution in [2.45, 2.75) is 32.7 Å². The molecule has 0 radical (unpaired) electrons. The Kier molecular flexibility index (Phi) is 7.56. The van der Waals surface area contributed by atoms with Crippen molar-refractivity contribution in [3.05, 3.63) is 58.8 Å². The van der Waals surface area contributed by atoms with Gasteiger partial charge in [0.1, 0.15) is 0 Å². The average Bonchev–Trinajstić information content (AvgIpc) is 2.72. The number of nitrogens with zero attached hydrogens (tertiary/aromatic N) is 2. The van der Waals surface area contributed by atoms with Crippen molar-refractivity contribution >= 4 is 23.6 Å². The smallest absolute Gasteiger partial charge is 0.338 e. The summed E-state index contributed by atoms with van der Waals surface area (Å²) in [6.07, 6.45) is 3.86. The summed E-state index contributed by atoms with van der Waals surface area (Å²) in [6.45, 7) is 10.7. The Bertz CT molecular complexity index is 831. The van der Waals surface area contributed by atoms with Gasteiger partial charge in [-0.1, -0.05) is 42.8 Å². The second kappa shape index (κ2) is 10.1. The van der Waals surface area contributed by atoms with Gasteiger partial charge in [-0.3, -0.25) is 9.80 Å². The maximum absolute atomic E-state index is 13.1. The fourth-order valence-corrected chi connectivity index (χ4v) is 4.26. The van der Waals surface area contributed by atoms with Crippen LogP contribution in [0.2, 0.25) is 5.02 Å². The maximum Gasteiger partial charge on any atom is 0.338 e. The Labute approximate surface area is 183 Å². The molecule has 6 nitrogen and oxygen atoms in total. The molecular formula is C23H30ClN3O3. The van der Waals surface area contributed by atoms with E-state index in [0.717, 1.165) is 25.9 Å². The van der Waals surface area contributed by atoms with Crippen molar-refractivity contribution < 1.29 is 14.3 Å². The molecule has 1 saturated heterocycles. The first-order valence-electron chi connectivity index (χ1n) is 10.5. The molecule has 30 heavy (non-hydrogen) atoms. The van der Waals surface area contributed by atoms with Gasteiger partial charge >= 0.3 is 12.0 Å². The van der Waals surface area contributed by atoms with E-state index in [1.165, 1.54) is 0 Å². The summed E-state index contributed by atoms with van der Waals surface area (Å²) < 4.78 is 5.41. The Hall–Kier alpha value is -2.31. The minimum absolute atomic E-state index is 0.251. The summed E-state index contributed by atoms with van der Waals surface area (Å²) in [4.78, 5) is 30.0. The third-order valence-electron chi connectivity index (χ3n) is 5.71. The number of halogens is 1. The van der Waals surface area contributed by atoms with Crippen LogP contribution in [0.4, 0.5) is 4.79 Å². The zero-order valence-corrected chi connectivity index (χ0v) is 18.5. The molecule has 3 rings (SSSR count). The largest absolute Gasteiger partial charge is 0.463 e. The van der Waals surface area contributed by atoms with E-state index < -0.39 is 12.0 Å². The Morgan fingerprint density at radius 2 is 2.03 bits per heavy atom. The van der Waals surface area contributed by atoms with Crippen LogP contribution in [-0.4, -0.2) is 54.6 Å². The average molecular weight is 432 g/mol. The highest BCUT2D eigenvalue weighted by molar-refractivity contribution is 6.31. The highest BCUT2D eigenvalue weighted by atomic mass is 35.5. The van der Waals surface area contributed by atoms with E-state index in [0.29, 0.717) is 40.9 Å². The molecule has 1 N–H and O–H groups in total. The predicted octanol–water partition coefficient (Wildman–Crippen LogP) is 4.14. The lowest BCUT2D eigenvalue weighted by Crippen LogP contribution is -2.51. The van der Waals surface area contributed by atoms with Crippen LogP contribution in [0, 0.1) is 5.92 Å². The van der Waals surface area contributed by atoms with E-state index in [2.05, 4.69) is 23.7 Å². The summed E-state index contributed by atoms with van der Waals surface area (Å²) >= 11 is 6.44. The number of nitrogens with one attached hydrogen (secondary N) is 1. The fraction of sp³-hybridized carbons (Fsp3) is 0.478. The van der Waals surface area contributed by atoms with Crippen LogP contribution in [0.25, 0.3) is 0 Å². The Morgan fingerprint density at radius 1 is 1.33 bits per heavy atom.